The fourth-order valence-electron chi connectivity index (χ4n) is 2.26. The number of nitrogens with one attached hydrogen (secondary N) is 2. The maximum Gasteiger partial charge on any atom is 0.263 e. The van der Waals surface area contributed by atoms with Gasteiger partial charge in [-0.1, -0.05) is 48.0 Å². The molecule has 3 aromatic rings. The molecular formula is C18H15ClN2O2S. The Balaban J connectivity index is 1.71. The van der Waals surface area contributed by atoms with Crippen molar-refractivity contribution in [2.45, 2.75) is 13.0 Å². The number of rotatable bonds is 4. The maximum absolute atomic E-state index is 12.4. The number of amides is 2. The molecule has 0 saturated heterocycles. The molecule has 1 atom stereocenters. The lowest BCUT2D eigenvalue weighted by molar-refractivity contribution is -0.117. The summed E-state index contributed by atoms with van der Waals surface area (Å²) in [5.41, 5.74) is 0.684. The van der Waals surface area contributed by atoms with E-state index in [1.807, 2.05) is 42.5 Å². The highest BCUT2D eigenvalue weighted by Crippen LogP contribution is 2.35. The summed E-state index contributed by atoms with van der Waals surface area (Å²) in [6.45, 7) is 1.64. The van der Waals surface area contributed by atoms with Gasteiger partial charge >= 0.3 is 0 Å². The number of fused-ring (bicyclic) bond motifs is 1. The van der Waals surface area contributed by atoms with Crippen molar-refractivity contribution in [2.75, 3.05) is 5.32 Å². The fourth-order valence-corrected chi connectivity index (χ4v) is 3.68. The first-order chi connectivity index (χ1) is 11.6. The molecule has 1 heterocycles. The number of carbonyl (C=O) groups is 2. The summed E-state index contributed by atoms with van der Waals surface area (Å²) < 4.78 is 0.939. The molecule has 2 amide bonds. The van der Waals surface area contributed by atoms with E-state index in [-0.39, 0.29) is 11.8 Å². The maximum atomic E-state index is 12.4. The van der Waals surface area contributed by atoms with Gasteiger partial charge in [-0.05, 0) is 25.1 Å². The molecule has 1 aromatic heterocycles. The molecule has 0 spiro atoms. The van der Waals surface area contributed by atoms with Gasteiger partial charge in [0.15, 0.2) is 0 Å². The zero-order valence-electron chi connectivity index (χ0n) is 12.9. The number of thiophene rings is 1. The topological polar surface area (TPSA) is 58.2 Å². The number of halogens is 1. The van der Waals surface area contributed by atoms with Gasteiger partial charge in [-0.2, -0.15) is 0 Å². The third-order valence-electron chi connectivity index (χ3n) is 3.52. The van der Waals surface area contributed by atoms with Crippen LogP contribution < -0.4 is 10.6 Å². The third-order valence-corrected chi connectivity index (χ3v) is 5.20. The van der Waals surface area contributed by atoms with Crippen LogP contribution in [0.1, 0.15) is 16.6 Å². The minimum atomic E-state index is -0.681. The highest BCUT2D eigenvalue weighted by Gasteiger charge is 2.21. The third kappa shape index (κ3) is 3.42. The number of anilines is 1. The SMILES string of the molecule is CC(NC(=O)c1sc2ccccc2c1Cl)C(=O)Nc1ccccc1. The Morgan fingerprint density at radius 3 is 2.42 bits per heavy atom. The molecule has 4 nitrogen and oxygen atoms in total. The van der Waals surface area contributed by atoms with E-state index in [1.165, 1.54) is 11.3 Å². The number of para-hydroxylation sites is 1. The van der Waals surface area contributed by atoms with Crippen molar-refractivity contribution in [1.29, 1.82) is 0 Å². The van der Waals surface area contributed by atoms with Crippen molar-refractivity contribution in [3.05, 3.63) is 64.5 Å². The Morgan fingerprint density at radius 2 is 1.71 bits per heavy atom. The predicted molar refractivity (Wildman–Crippen MR) is 98.8 cm³/mol. The normalized spacial score (nSPS) is 11.9. The van der Waals surface area contributed by atoms with Crippen LogP contribution in [0.3, 0.4) is 0 Å². The van der Waals surface area contributed by atoms with Gasteiger partial charge in [0.05, 0.1) is 5.02 Å². The van der Waals surface area contributed by atoms with Crippen LogP contribution in [0.15, 0.2) is 54.6 Å². The zero-order chi connectivity index (χ0) is 17.1. The average Bonchev–Trinajstić information content (AvgIpc) is 2.93. The molecule has 0 saturated carbocycles. The Bertz CT molecular complexity index is 892. The van der Waals surface area contributed by atoms with Crippen molar-refractivity contribution in [1.82, 2.24) is 5.32 Å². The molecule has 2 N–H and O–H groups in total. The fraction of sp³-hybridized carbons (Fsp3) is 0.111. The predicted octanol–water partition coefficient (Wildman–Crippen LogP) is 4.31. The van der Waals surface area contributed by atoms with E-state index in [0.717, 1.165) is 10.1 Å². The molecule has 1 unspecified atom stereocenters. The molecule has 122 valence electrons. The Hall–Kier alpha value is -2.37. The zero-order valence-corrected chi connectivity index (χ0v) is 14.4. The molecule has 0 bridgehead atoms. The van der Waals surface area contributed by atoms with Crippen LogP contribution in [-0.4, -0.2) is 17.9 Å². The first-order valence-electron chi connectivity index (χ1n) is 7.40. The van der Waals surface area contributed by atoms with Crippen molar-refractivity contribution < 1.29 is 9.59 Å². The molecule has 0 fully saturated rings. The van der Waals surface area contributed by atoms with Crippen molar-refractivity contribution in [3.8, 4) is 0 Å². The van der Waals surface area contributed by atoms with Gasteiger partial charge < -0.3 is 10.6 Å². The van der Waals surface area contributed by atoms with Crippen LogP contribution in [0.5, 0.6) is 0 Å². The Kier molecular flexibility index (Phi) is 4.83. The van der Waals surface area contributed by atoms with E-state index in [0.29, 0.717) is 15.6 Å². The lowest BCUT2D eigenvalue weighted by Gasteiger charge is -2.13. The summed E-state index contributed by atoms with van der Waals surface area (Å²) in [6.07, 6.45) is 0. The molecular weight excluding hydrogens is 344 g/mol. The van der Waals surface area contributed by atoms with Crippen LogP contribution in [0.4, 0.5) is 5.69 Å². The summed E-state index contributed by atoms with van der Waals surface area (Å²) in [6, 6.07) is 16.0. The van der Waals surface area contributed by atoms with Crippen LogP contribution in [0, 0.1) is 0 Å². The highest BCUT2D eigenvalue weighted by atomic mass is 35.5. The van der Waals surface area contributed by atoms with E-state index in [9.17, 15) is 9.59 Å². The van der Waals surface area contributed by atoms with Gasteiger partial charge in [0, 0.05) is 15.8 Å². The van der Waals surface area contributed by atoms with Gasteiger partial charge in [-0.15, -0.1) is 11.3 Å². The van der Waals surface area contributed by atoms with Crippen LogP contribution in [0.2, 0.25) is 5.02 Å². The minimum absolute atomic E-state index is 0.285. The van der Waals surface area contributed by atoms with Gasteiger partial charge in [-0.3, -0.25) is 9.59 Å². The Morgan fingerprint density at radius 1 is 1.04 bits per heavy atom. The van der Waals surface area contributed by atoms with Crippen LogP contribution >= 0.6 is 22.9 Å². The second kappa shape index (κ2) is 7.03. The molecule has 2 aromatic carbocycles. The standard InChI is InChI=1S/C18H15ClN2O2S/c1-11(17(22)21-12-7-3-2-4-8-12)20-18(23)16-15(19)13-9-5-6-10-14(13)24-16/h2-11H,1H3,(H,20,23)(H,21,22). The van der Waals surface area contributed by atoms with Gasteiger partial charge in [0.2, 0.25) is 5.91 Å². The van der Waals surface area contributed by atoms with Gasteiger partial charge in [0.1, 0.15) is 10.9 Å². The minimum Gasteiger partial charge on any atom is -0.340 e. The van der Waals surface area contributed by atoms with E-state index in [1.54, 1.807) is 19.1 Å². The quantitative estimate of drug-likeness (QED) is 0.730. The van der Waals surface area contributed by atoms with E-state index < -0.39 is 6.04 Å². The largest absolute Gasteiger partial charge is 0.340 e. The lowest BCUT2D eigenvalue weighted by Crippen LogP contribution is -2.41. The molecule has 0 radical (unpaired) electrons. The Labute approximate surface area is 148 Å². The van der Waals surface area contributed by atoms with E-state index in [4.69, 9.17) is 11.6 Å². The second-order valence-corrected chi connectivity index (χ2v) is 6.72. The monoisotopic (exact) mass is 358 g/mol. The van der Waals surface area contributed by atoms with Crippen molar-refractivity contribution in [3.63, 3.8) is 0 Å². The number of benzene rings is 2. The number of hydrogen-bond donors (Lipinski definition) is 2. The van der Waals surface area contributed by atoms with Crippen LogP contribution in [-0.2, 0) is 4.79 Å². The summed E-state index contributed by atoms with van der Waals surface area (Å²) in [5, 5.41) is 6.71. The van der Waals surface area contributed by atoms with Crippen molar-refractivity contribution >= 4 is 50.5 Å². The smallest absolute Gasteiger partial charge is 0.263 e. The molecule has 3 rings (SSSR count). The summed E-state index contributed by atoms with van der Waals surface area (Å²) in [4.78, 5) is 25.0. The summed E-state index contributed by atoms with van der Waals surface area (Å²) in [5.74, 6) is -0.635. The molecule has 0 aliphatic heterocycles. The van der Waals surface area contributed by atoms with E-state index >= 15 is 0 Å². The molecule has 0 aliphatic rings. The van der Waals surface area contributed by atoms with Crippen LogP contribution in [0.25, 0.3) is 10.1 Å². The van der Waals surface area contributed by atoms with Crippen molar-refractivity contribution in [2.24, 2.45) is 0 Å². The number of carbonyl (C=O) groups excluding carboxylic acids is 2. The molecule has 24 heavy (non-hydrogen) atoms. The molecule has 6 heteroatoms. The molecule has 0 aliphatic carbocycles. The second-order valence-electron chi connectivity index (χ2n) is 5.29. The number of hydrogen-bond acceptors (Lipinski definition) is 3. The summed E-state index contributed by atoms with van der Waals surface area (Å²) in [7, 11) is 0. The first kappa shape index (κ1) is 16.5. The van der Waals surface area contributed by atoms with Gasteiger partial charge in [-0.25, -0.2) is 0 Å². The van der Waals surface area contributed by atoms with E-state index in [2.05, 4.69) is 10.6 Å². The summed E-state index contributed by atoms with van der Waals surface area (Å²) >= 11 is 7.61. The average molecular weight is 359 g/mol. The van der Waals surface area contributed by atoms with Gasteiger partial charge in [0.25, 0.3) is 5.91 Å². The lowest BCUT2D eigenvalue weighted by atomic mass is 10.2. The highest BCUT2D eigenvalue weighted by molar-refractivity contribution is 7.21. The first-order valence-corrected chi connectivity index (χ1v) is 8.59.